The van der Waals surface area contributed by atoms with Gasteiger partial charge in [0.2, 0.25) is 0 Å². The zero-order valence-electron chi connectivity index (χ0n) is 12.4. The zero-order chi connectivity index (χ0) is 15.1. The molecule has 0 aliphatic carbocycles. The van der Waals surface area contributed by atoms with E-state index in [-0.39, 0.29) is 0 Å². The third kappa shape index (κ3) is 4.46. The van der Waals surface area contributed by atoms with E-state index in [2.05, 4.69) is 49.8 Å². The van der Waals surface area contributed by atoms with Crippen molar-refractivity contribution in [1.82, 2.24) is 20.6 Å². The van der Waals surface area contributed by atoms with Gasteiger partial charge in [0.15, 0.2) is 5.11 Å². The van der Waals surface area contributed by atoms with Crippen LogP contribution in [0.3, 0.4) is 0 Å². The largest absolute Gasteiger partial charge is 0.366 e. The van der Waals surface area contributed by atoms with Crippen molar-refractivity contribution in [2.24, 2.45) is 0 Å². The number of aromatic amines is 1. The van der Waals surface area contributed by atoms with Crippen LogP contribution in [0.5, 0.6) is 0 Å². The Kier molecular flexibility index (Phi) is 5.57. The van der Waals surface area contributed by atoms with Crippen molar-refractivity contribution in [2.75, 3.05) is 32.1 Å². The highest BCUT2D eigenvalue weighted by Gasteiger charge is 2.10. The molecule has 1 aromatic heterocycles. The number of H-pyrrole nitrogens is 1. The van der Waals surface area contributed by atoms with Gasteiger partial charge in [0.25, 0.3) is 0 Å². The molecule has 0 spiro atoms. The first-order chi connectivity index (χ1) is 10.2. The molecule has 2 aromatic rings. The molecule has 21 heavy (non-hydrogen) atoms. The number of benzene rings is 1. The van der Waals surface area contributed by atoms with Crippen LogP contribution in [0.1, 0.15) is 11.3 Å². The van der Waals surface area contributed by atoms with E-state index in [1.54, 1.807) is 6.33 Å². The van der Waals surface area contributed by atoms with E-state index in [9.17, 15) is 0 Å². The molecule has 112 valence electrons. The molecular formula is C15H21N5S. The molecule has 0 aliphatic rings. The fraction of sp³-hybridized carbons (Fsp3) is 0.333. The first-order valence-corrected chi connectivity index (χ1v) is 7.34. The summed E-state index contributed by atoms with van der Waals surface area (Å²) in [6.45, 7) is 1.60. The van der Waals surface area contributed by atoms with Crippen LogP contribution in [0.4, 0.5) is 5.82 Å². The molecule has 0 saturated heterocycles. The van der Waals surface area contributed by atoms with Crippen LogP contribution < -0.4 is 15.5 Å². The molecule has 3 N–H and O–H groups in total. The highest BCUT2D eigenvalue weighted by Crippen LogP contribution is 2.17. The van der Waals surface area contributed by atoms with E-state index in [0.717, 1.165) is 31.0 Å². The molecule has 0 radical (unpaired) electrons. The quantitative estimate of drug-likeness (QED) is 0.707. The molecular weight excluding hydrogens is 282 g/mol. The van der Waals surface area contributed by atoms with Gasteiger partial charge in [-0.3, -0.25) is 0 Å². The summed E-state index contributed by atoms with van der Waals surface area (Å²) in [5, 5.41) is 6.69. The Morgan fingerprint density at radius 2 is 2.10 bits per heavy atom. The first kappa shape index (κ1) is 15.3. The lowest BCUT2D eigenvalue weighted by Crippen LogP contribution is -2.38. The molecule has 0 saturated carbocycles. The molecule has 0 amide bonds. The fourth-order valence-electron chi connectivity index (χ4n) is 2.10. The molecule has 0 bridgehead atoms. The van der Waals surface area contributed by atoms with Crippen LogP contribution >= 0.6 is 12.2 Å². The molecule has 0 unspecified atom stereocenters. The smallest absolute Gasteiger partial charge is 0.166 e. The molecule has 0 atom stereocenters. The average Bonchev–Trinajstić information content (AvgIpc) is 2.96. The van der Waals surface area contributed by atoms with Crippen molar-refractivity contribution in [1.29, 1.82) is 0 Å². The van der Waals surface area contributed by atoms with Crippen LogP contribution in [0.15, 0.2) is 36.7 Å². The predicted octanol–water partition coefficient (Wildman–Crippen LogP) is 1.53. The molecule has 0 aliphatic heterocycles. The number of nitrogens with zero attached hydrogens (tertiary/aromatic N) is 2. The molecule has 2 rings (SSSR count). The standard InChI is InChI=1S/C15H21N5S/c1-16-15(21)17-8-9-20(2)14-13(18-11-19-14)10-12-6-4-3-5-7-12/h3-7,11H,8-10H2,1-2H3,(H,18,19)(H2,16,17,21). The van der Waals surface area contributed by atoms with Crippen molar-refractivity contribution in [3.05, 3.63) is 47.9 Å². The number of imidazole rings is 1. The topological polar surface area (TPSA) is 56.0 Å². The molecule has 6 heteroatoms. The minimum Gasteiger partial charge on any atom is -0.366 e. The second-order valence-corrected chi connectivity index (χ2v) is 5.20. The Bertz CT molecular complexity index is 566. The minimum absolute atomic E-state index is 0.662. The summed E-state index contributed by atoms with van der Waals surface area (Å²) in [6.07, 6.45) is 2.60. The normalized spacial score (nSPS) is 10.2. The molecule has 5 nitrogen and oxygen atoms in total. The number of aromatic nitrogens is 2. The van der Waals surface area contributed by atoms with Gasteiger partial charge in [-0.2, -0.15) is 0 Å². The number of likely N-dealkylation sites (N-methyl/N-ethyl adjacent to an activating group) is 1. The summed E-state index contributed by atoms with van der Waals surface area (Å²) in [4.78, 5) is 9.78. The molecule has 1 aromatic carbocycles. The second-order valence-electron chi connectivity index (χ2n) is 4.79. The minimum atomic E-state index is 0.662. The van der Waals surface area contributed by atoms with Gasteiger partial charge in [0, 0.05) is 33.6 Å². The van der Waals surface area contributed by atoms with E-state index in [1.165, 1.54) is 5.56 Å². The van der Waals surface area contributed by atoms with Crippen LogP contribution in [0, 0.1) is 0 Å². The van der Waals surface area contributed by atoms with E-state index in [1.807, 2.05) is 20.2 Å². The van der Waals surface area contributed by atoms with Gasteiger partial charge in [-0.15, -0.1) is 0 Å². The maximum Gasteiger partial charge on any atom is 0.166 e. The third-order valence-corrected chi connectivity index (χ3v) is 3.59. The highest BCUT2D eigenvalue weighted by atomic mass is 32.1. The fourth-order valence-corrected chi connectivity index (χ4v) is 2.21. The lowest BCUT2D eigenvalue weighted by molar-refractivity contribution is 0.802. The lowest BCUT2D eigenvalue weighted by Gasteiger charge is -2.19. The van der Waals surface area contributed by atoms with Crippen molar-refractivity contribution in [3.63, 3.8) is 0 Å². The van der Waals surface area contributed by atoms with Gasteiger partial charge in [0.1, 0.15) is 5.82 Å². The van der Waals surface area contributed by atoms with Crippen molar-refractivity contribution in [2.45, 2.75) is 6.42 Å². The van der Waals surface area contributed by atoms with E-state index >= 15 is 0 Å². The number of hydrogen-bond acceptors (Lipinski definition) is 3. The summed E-state index contributed by atoms with van der Waals surface area (Å²) in [7, 11) is 3.85. The van der Waals surface area contributed by atoms with E-state index < -0.39 is 0 Å². The van der Waals surface area contributed by atoms with Crippen molar-refractivity contribution >= 4 is 23.1 Å². The predicted molar refractivity (Wildman–Crippen MR) is 90.8 cm³/mol. The summed E-state index contributed by atoms with van der Waals surface area (Å²) < 4.78 is 0. The lowest BCUT2D eigenvalue weighted by atomic mass is 10.1. The molecule has 0 fully saturated rings. The Morgan fingerprint density at radius 1 is 1.33 bits per heavy atom. The Hall–Kier alpha value is -2.08. The van der Waals surface area contributed by atoms with Gasteiger partial charge in [0.05, 0.1) is 12.0 Å². The zero-order valence-corrected chi connectivity index (χ0v) is 13.2. The number of thiocarbonyl (C=S) groups is 1. The summed E-state index contributed by atoms with van der Waals surface area (Å²) >= 11 is 5.06. The van der Waals surface area contributed by atoms with Crippen LogP contribution in [0.25, 0.3) is 0 Å². The second kappa shape index (κ2) is 7.64. The first-order valence-electron chi connectivity index (χ1n) is 6.93. The van der Waals surface area contributed by atoms with Gasteiger partial charge in [-0.25, -0.2) is 4.98 Å². The highest BCUT2D eigenvalue weighted by molar-refractivity contribution is 7.80. The number of anilines is 1. The van der Waals surface area contributed by atoms with Crippen molar-refractivity contribution in [3.8, 4) is 0 Å². The van der Waals surface area contributed by atoms with Gasteiger partial charge < -0.3 is 20.5 Å². The average molecular weight is 303 g/mol. The molecule has 1 heterocycles. The summed E-state index contributed by atoms with van der Waals surface area (Å²) in [6, 6.07) is 10.4. The Labute approximate surface area is 130 Å². The van der Waals surface area contributed by atoms with E-state index in [0.29, 0.717) is 5.11 Å². The van der Waals surface area contributed by atoms with Gasteiger partial charge in [-0.05, 0) is 17.8 Å². The Morgan fingerprint density at radius 3 is 2.81 bits per heavy atom. The number of nitrogens with one attached hydrogen (secondary N) is 3. The number of rotatable bonds is 6. The van der Waals surface area contributed by atoms with Gasteiger partial charge in [-0.1, -0.05) is 30.3 Å². The van der Waals surface area contributed by atoms with Crippen molar-refractivity contribution < 1.29 is 0 Å². The SMILES string of the molecule is CNC(=S)NCCN(C)c1nc[nH]c1Cc1ccccc1. The third-order valence-electron chi connectivity index (χ3n) is 3.24. The monoisotopic (exact) mass is 303 g/mol. The Balaban J connectivity index is 1.94. The maximum atomic E-state index is 5.06. The summed E-state index contributed by atoms with van der Waals surface area (Å²) in [5.74, 6) is 0.982. The summed E-state index contributed by atoms with van der Waals surface area (Å²) in [5.41, 5.74) is 2.39. The van der Waals surface area contributed by atoms with Crippen LogP contribution in [0.2, 0.25) is 0 Å². The van der Waals surface area contributed by atoms with Gasteiger partial charge >= 0.3 is 0 Å². The maximum absolute atomic E-state index is 5.06. The van der Waals surface area contributed by atoms with Crippen LogP contribution in [-0.2, 0) is 6.42 Å². The van der Waals surface area contributed by atoms with E-state index in [4.69, 9.17) is 12.2 Å². The van der Waals surface area contributed by atoms with Crippen LogP contribution in [-0.4, -0.2) is 42.3 Å². The number of hydrogen-bond donors (Lipinski definition) is 3.